The van der Waals surface area contributed by atoms with Gasteiger partial charge in [0.05, 0.1) is 31.3 Å². The number of fused-ring (bicyclic) bond motifs is 1. The second-order valence-corrected chi connectivity index (χ2v) is 10.4. The molecule has 2 aromatic carbocycles. The number of rotatable bonds is 6. The molecule has 0 spiro atoms. The molecule has 2 heterocycles. The van der Waals surface area contributed by atoms with Gasteiger partial charge in [-0.3, -0.25) is 4.79 Å². The van der Waals surface area contributed by atoms with Gasteiger partial charge in [-0.05, 0) is 49.6 Å². The number of carbonyl (C=O) groups excluding carboxylic acids is 1. The highest BCUT2D eigenvalue weighted by molar-refractivity contribution is 7.89. The fourth-order valence-electron chi connectivity index (χ4n) is 4.18. The van der Waals surface area contributed by atoms with Crippen LogP contribution >= 0.6 is 0 Å². The number of carbonyl (C=O) groups is 1. The van der Waals surface area contributed by atoms with Gasteiger partial charge in [0.15, 0.2) is 23.1 Å². The predicted molar refractivity (Wildman–Crippen MR) is 123 cm³/mol. The van der Waals surface area contributed by atoms with Gasteiger partial charge in [0.2, 0.25) is 15.9 Å². The third-order valence-electron chi connectivity index (χ3n) is 6.22. The highest BCUT2D eigenvalue weighted by Gasteiger charge is 2.33. The van der Waals surface area contributed by atoms with Crippen molar-refractivity contribution in [2.24, 2.45) is 5.92 Å². The summed E-state index contributed by atoms with van der Waals surface area (Å²) >= 11 is 0. The first-order valence-corrected chi connectivity index (χ1v) is 12.8. The minimum atomic E-state index is -3.72. The Morgan fingerprint density at radius 1 is 1.12 bits per heavy atom. The first kappa shape index (κ1) is 24.3. The lowest BCUT2D eigenvalue weighted by molar-refractivity contribution is -0.126. The van der Waals surface area contributed by atoms with E-state index in [-0.39, 0.29) is 35.6 Å². The summed E-state index contributed by atoms with van der Waals surface area (Å²) in [4.78, 5) is 12.9. The molecule has 2 aliphatic heterocycles. The second kappa shape index (κ2) is 10.2. The van der Waals surface area contributed by atoms with Gasteiger partial charge in [0, 0.05) is 31.5 Å². The molecule has 1 saturated heterocycles. The van der Waals surface area contributed by atoms with Gasteiger partial charge in [-0.1, -0.05) is 6.07 Å². The minimum Gasteiger partial charge on any atom is -0.494 e. The van der Waals surface area contributed by atoms with Gasteiger partial charge in [-0.25, -0.2) is 12.8 Å². The number of hydrogen-bond donors (Lipinski definition) is 1. The number of amides is 1. The number of ether oxygens (including phenoxy) is 3. The number of piperidine rings is 1. The van der Waals surface area contributed by atoms with Crippen LogP contribution in [0.3, 0.4) is 0 Å². The van der Waals surface area contributed by atoms with Crippen LogP contribution < -0.4 is 19.5 Å². The van der Waals surface area contributed by atoms with Crippen LogP contribution in [0.5, 0.6) is 17.2 Å². The third kappa shape index (κ3) is 5.12. The van der Waals surface area contributed by atoms with Crippen molar-refractivity contribution >= 4 is 15.9 Å². The molecule has 1 amide bonds. The standard InChI is InChI=1S/C24H29FN2O6S/c1-16(18-4-6-21(31-2)20(25)14-18)26-24(28)17-8-10-27(11-9-17)34(29,30)19-5-7-22-23(15-19)33-13-3-12-32-22/h4-7,14-17H,3,8-13H2,1-2H3,(H,26,28)/t16-/m0/s1. The number of methoxy groups -OCH3 is 1. The largest absolute Gasteiger partial charge is 0.494 e. The zero-order valence-electron chi connectivity index (χ0n) is 19.3. The van der Waals surface area contributed by atoms with Crippen molar-refractivity contribution in [1.82, 2.24) is 9.62 Å². The van der Waals surface area contributed by atoms with E-state index in [0.29, 0.717) is 43.1 Å². The van der Waals surface area contributed by atoms with Crippen LogP contribution in [-0.4, -0.2) is 52.0 Å². The van der Waals surface area contributed by atoms with Crippen LogP contribution in [0.2, 0.25) is 0 Å². The zero-order valence-corrected chi connectivity index (χ0v) is 20.1. The molecular weight excluding hydrogens is 463 g/mol. The fraction of sp³-hybridized carbons (Fsp3) is 0.458. The van der Waals surface area contributed by atoms with E-state index in [1.54, 1.807) is 19.1 Å². The minimum absolute atomic E-state index is 0.143. The number of nitrogens with zero attached hydrogens (tertiary/aromatic N) is 1. The Hall–Kier alpha value is -2.85. The van der Waals surface area contributed by atoms with Gasteiger partial charge in [0.1, 0.15) is 0 Å². The average molecular weight is 493 g/mol. The summed E-state index contributed by atoms with van der Waals surface area (Å²) in [7, 11) is -2.33. The molecule has 4 rings (SSSR count). The number of sulfonamides is 1. The van der Waals surface area contributed by atoms with E-state index >= 15 is 0 Å². The van der Waals surface area contributed by atoms with E-state index in [9.17, 15) is 17.6 Å². The zero-order chi connectivity index (χ0) is 24.3. The molecule has 0 aromatic heterocycles. The number of nitrogens with one attached hydrogen (secondary N) is 1. The van der Waals surface area contributed by atoms with Crippen LogP contribution in [0, 0.1) is 11.7 Å². The van der Waals surface area contributed by atoms with Crippen LogP contribution in [-0.2, 0) is 14.8 Å². The number of hydrogen-bond acceptors (Lipinski definition) is 6. The van der Waals surface area contributed by atoms with E-state index in [4.69, 9.17) is 14.2 Å². The molecule has 0 radical (unpaired) electrons. The maximum absolute atomic E-state index is 14.0. The molecule has 0 aliphatic carbocycles. The second-order valence-electron chi connectivity index (χ2n) is 8.46. The quantitative estimate of drug-likeness (QED) is 0.665. The lowest BCUT2D eigenvalue weighted by Gasteiger charge is -2.31. The van der Waals surface area contributed by atoms with E-state index in [1.165, 1.54) is 35.7 Å². The molecule has 1 fully saturated rings. The number of halogens is 1. The highest BCUT2D eigenvalue weighted by Crippen LogP contribution is 2.34. The predicted octanol–water partition coefficient (Wildman–Crippen LogP) is 3.27. The lowest BCUT2D eigenvalue weighted by atomic mass is 9.96. The van der Waals surface area contributed by atoms with Crippen molar-refractivity contribution in [3.8, 4) is 17.2 Å². The Kier molecular flexibility index (Phi) is 7.27. The van der Waals surface area contributed by atoms with Crippen molar-refractivity contribution < 1.29 is 31.8 Å². The molecule has 0 bridgehead atoms. The molecule has 34 heavy (non-hydrogen) atoms. The van der Waals surface area contributed by atoms with Crippen molar-refractivity contribution in [2.75, 3.05) is 33.4 Å². The van der Waals surface area contributed by atoms with Crippen LogP contribution in [0.15, 0.2) is 41.3 Å². The molecule has 184 valence electrons. The van der Waals surface area contributed by atoms with Crippen molar-refractivity contribution in [3.63, 3.8) is 0 Å². The fourth-order valence-corrected chi connectivity index (χ4v) is 5.66. The molecule has 0 saturated carbocycles. The summed E-state index contributed by atoms with van der Waals surface area (Å²) in [5.41, 5.74) is 0.626. The molecule has 10 heteroatoms. The van der Waals surface area contributed by atoms with E-state index in [0.717, 1.165) is 6.42 Å². The van der Waals surface area contributed by atoms with Gasteiger partial charge < -0.3 is 19.5 Å². The molecular formula is C24H29FN2O6S. The van der Waals surface area contributed by atoms with Crippen molar-refractivity contribution in [3.05, 3.63) is 47.8 Å². The Balaban J connectivity index is 1.36. The number of benzene rings is 2. The van der Waals surface area contributed by atoms with E-state index in [2.05, 4.69) is 5.32 Å². The Morgan fingerprint density at radius 2 is 1.82 bits per heavy atom. The Morgan fingerprint density at radius 3 is 2.50 bits per heavy atom. The third-order valence-corrected chi connectivity index (χ3v) is 8.11. The molecule has 1 atom stereocenters. The van der Waals surface area contributed by atoms with Gasteiger partial charge in [-0.2, -0.15) is 4.31 Å². The van der Waals surface area contributed by atoms with Crippen molar-refractivity contribution in [2.45, 2.75) is 37.1 Å². The molecule has 2 aliphatic rings. The molecule has 1 N–H and O–H groups in total. The average Bonchev–Trinajstić information content (AvgIpc) is 3.09. The van der Waals surface area contributed by atoms with Crippen LogP contribution in [0.25, 0.3) is 0 Å². The summed E-state index contributed by atoms with van der Waals surface area (Å²) < 4.78 is 57.9. The first-order chi connectivity index (χ1) is 16.3. The van der Waals surface area contributed by atoms with Gasteiger partial charge >= 0.3 is 0 Å². The lowest BCUT2D eigenvalue weighted by Crippen LogP contribution is -2.43. The van der Waals surface area contributed by atoms with Crippen molar-refractivity contribution in [1.29, 1.82) is 0 Å². The first-order valence-electron chi connectivity index (χ1n) is 11.3. The maximum Gasteiger partial charge on any atom is 0.243 e. The summed E-state index contributed by atoms with van der Waals surface area (Å²) in [5.74, 6) is 0.130. The molecule has 8 nitrogen and oxygen atoms in total. The Labute approximate surface area is 199 Å². The van der Waals surface area contributed by atoms with Crippen LogP contribution in [0.4, 0.5) is 4.39 Å². The summed E-state index contributed by atoms with van der Waals surface area (Å²) in [6, 6.07) is 8.83. The van der Waals surface area contributed by atoms with E-state index < -0.39 is 21.9 Å². The topological polar surface area (TPSA) is 94.2 Å². The summed E-state index contributed by atoms with van der Waals surface area (Å²) in [6.07, 6.45) is 1.54. The summed E-state index contributed by atoms with van der Waals surface area (Å²) in [6.45, 7) is 3.25. The van der Waals surface area contributed by atoms with Gasteiger partial charge in [0.25, 0.3) is 0 Å². The molecule has 0 unspecified atom stereocenters. The maximum atomic E-state index is 14.0. The smallest absolute Gasteiger partial charge is 0.243 e. The van der Waals surface area contributed by atoms with Crippen LogP contribution in [0.1, 0.15) is 37.8 Å². The monoisotopic (exact) mass is 492 g/mol. The molecule has 2 aromatic rings. The SMILES string of the molecule is COc1ccc([C@H](C)NC(=O)C2CCN(S(=O)(=O)c3ccc4c(c3)OCCCO4)CC2)cc1F. The van der Waals surface area contributed by atoms with Gasteiger partial charge in [-0.15, -0.1) is 0 Å². The summed E-state index contributed by atoms with van der Waals surface area (Å²) in [5, 5.41) is 2.91. The van der Waals surface area contributed by atoms with E-state index in [1.807, 2.05) is 0 Å². The normalized spacial score (nSPS) is 18.1. The Bertz CT molecular complexity index is 1150. The highest BCUT2D eigenvalue weighted by atomic mass is 32.2.